The molecule has 1 rings (SSSR count). The van der Waals surface area contributed by atoms with Gasteiger partial charge >= 0.3 is 6.18 Å². The SMILES string of the molecule is CC(C)Cn1c(CO)nnc1C(F)(F)F. The van der Waals surface area contributed by atoms with Crippen molar-refractivity contribution in [1.29, 1.82) is 0 Å². The molecule has 0 bridgehead atoms. The van der Waals surface area contributed by atoms with E-state index in [0.29, 0.717) is 0 Å². The number of aliphatic hydroxyl groups excluding tert-OH is 1. The third-order valence-corrected chi connectivity index (χ3v) is 1.77. The molecule has 86 valence electrons. The fourth-order valence-corrected chi connectivity index (χ4v) is 1.22. The molecule has 0 aliphatic rings. The number of aliphatic hydroxyl groups is 1. The lowest BCUT2D eigenvalue weighted by atomic mass is 10.2. The summed E-state index contributed by atoms with van der Waals surface area (Å²) in [6, 6.07) is 0. The second-order valence-corrected chi connectivity index (χ2v) is 3.60. The van der Waals surface area contributed by atoms with Crippen LogP contribution in [0.5, 0.6) is 0 Å². The van der Waals surface area contributed by atoms with Gasteiger partial charge in [0, 0.05) is 6.54 Å². The van der Waals surface area contributed by atoms with E-state index in [1.54, 1.807) is 13.8 Å². The zero-order valence-corrected chi connectivity index (χ0v) is 8.41. The molecule has 0 amide bonds. The maximum Gasteiger partial charge on any atom is 0.451 e. The Bertz CT molecular complexity index is 332. The van der Waals surface area contributed by atoms with E-state index in [9.17, 15) is 13.2 Å². The summed E-state index contributed by atoms with van der Waals surface area (Å²) in [5.41, 5.74) is 0. The number of hydrogen-bond donors (Lipinski definition) is 1. The quantitative estimate of drug-likeness (QED) is 0.843. The van der Waals surface area contributed by atoms with Gasteiger partial charge in [-0.15, -0.1) is 10.2 Å². The van der Waals surface area contributed by atoms with Gasteiger partial charge in [-0.25, -0.2) is 0 Å². The molecule has 0 saturated heterocycles. The summed E-state index contributed by atoms with van der Waals surface area (Å²) >= 11 is 0. The van der Waals surface area contributed by atoms with E-state index < -0.39 is 18.6 Å². The van der Waals surface area contributed by atoms with Crippen molar-refractivity contribution < 1.29 is 18.3 Å². The second kappa shape index (κ2) is 4.18. The Hall–Kier alpha value is -1.11. The van der Waals surface area contributed by atoms with Crippen molar-refractivity contribution in [2.24, 2.45) is 5.92 Å². The van der Waals surface area contributed by atoms with Crippen LogP contribution in [0.15, 0.2) is 0 Å². The highest BCUT2D eigenvalue weighted by molar-refractivity contribution is 4.99. The summed E-state index contributed by atoms with van der Waals surface area (Å²) < 4.78 is 38.2. The van der Waals surface area contributed by atoms with E-state index in [1.807, 2.05) is 0 Å². The van der Waals surface area contributed by atoms with Crippen molar-refractivity contribution in [1.82, 2.24) is 14.8 Å². The summed E-state index contributed by atoms with van der Waals surface area (Å²) in [4.78, 5) is 0. The summed E-state index contributed by atoms with van der Waals surface area (Å²) in [6.45, 7) is 3.15. The van der Waals surface area contributed by atoms with Crippen LogP contribution in [0.2, 0.25) is 0 Å². The Morgan fingerprint density at radius 1 is 1.33 bits per heavy atom. The van der Waals surface area contributed by atoms with Crippen LogP contribution in [0.25, 0.3) is 0 Å². The molecule has 7 heteroatoms. The Morgan fingerprint density at radius 2 is 1.93 bits per heavy atom. The maximum absolute atomic E-state index is 12.4. The van der Waals surface area contributed by atoms with Crippen LogP contribution < -0.4 is 0 Å². The van der Waals surface area contributed by atoms with Crippen LogP contribution in [0.4, 0.5) is 13.2 Å². The number of nitrogens with zero attached hydrogens (tertiary/aromatic N) is 3. The van der Waals surface area contributed by atoms with E-state index in [2.05, 4.69) is 10.2 Å². The average molecular weight is 223 g/mol. The first-order chi connectivity index (χ1) is 6.86. The predicted octanol–water partition coefficient (Wildman–Crippen LogP) is 1.45. The molecule has 0 saturated carbocycles. The lowest BCUT2D eigenvalue weighted by Gasteiger charge is -2.12. The van der Waals surface area contributed by atoms with Gasteiger partial charge in [0.2, 0.25) is 5.82 Å². The summed E-state index contributed by atoms with van der Waals surface area (Å²) in [5.74, 6) is -1.09. The molecule has 4 nitrogen and oxygen atoms in total. The molecule has 1 heterocycles. The van der Waals surface area contributed by atoms with E-state index in [4.69, 9.17) is 5.11 Å². The number of rotatable bonds is 3. The van der Waals surface area contributed by atoms with Crippen molar-refractivity contribution >= 4 is 0 Å². The molecule has 0 unspecified atom stereocenters. The van der Waals surface area contributed by atoms with E-state index in [-0.39, 0.29) is 18.3 Å². The fraction of sp³-hybridized carbons (Fsp3) is 0.750. The lowest BCUT2D eigenvalue weighted by molar-refractivity contribution is -0.147. The molecule has 0 spiro atoms. The van der Waals surface area contributed by atoms with Crippen LogP contribution in [0.3, 0.4) is 0 Å². The molecule has 15 heavy (non-hydrogen) atoms. The van der Waals surface area contributed by atoms with Gasteiger partial charge in [0.15, 0.2) is 5.82 Å². The van der Waals surface area contributed by atoms with Gasteiger partial charge in [-0.3, -0.25) is 0 Å². The van der Waals surface area contributed by atoms with Gasteiger partial charge < -0.3 is 9.67 Å². The number of alkyl halides is 3. The molecule has 0 aliphatic carbocycles. The lowest BCUT2D eigenvalue weighted by Crippen LogP contribution is -2.18. The first-order valence-electron chi connectivity index (χ1n) is 4.46. The van der Waals surface area contributed by atoms with E-state index in [1.165, 1.54) is 0 Å². The van der Waals surface area contributed by atoms with E-state index in [0.717, 1.165) is 4.57 Å². The molecule has 0 aromatic carbocycles. The number of halogens is 3. The number of aromatic nitrogens is 3. The van der Waals surface area contributed by atoms with Crippen molar-refractivity contribution in [3.8, 4) is 0 Å². The minimum Gasteiger partial charge on any atom is -0.388 e. The molecule has 0 atom stereocenters. The smallest absolute Gasteiger partial charge is 0.388 e. The van der Waals surface area contributed by atoms with Crippen LogP contribution >= 0.6 is 0 Å². The molecule has 1 aromatic rings. The maximum atomic E-state index is 12.4. The standard InChI is InChI=1S/C8H12F3N3O/c1-5(2)3-14-6(4-15)12-13-7(14)8(9,10)11/h5,15H,3-4H2,1-2H3. The summed E-state index contributed by atoms with van der Waals surface area (Å²) in [6.07, 6.45) is -4.53. The van der Waals surface area contributed by atoms with Gasteiger partial charge in [0.05, 0.1) is 0 Å². The number of hydrogen-bond acceptors (Lipinski definition) is 3. The zero-order valence-electron chi connectivity index (χ0n) is 8.41. The van der Waals surface area contributed by atoms with Crippen LogP contribution in [-0.4, -0.2) is 19.9 Å². The third-order valence-electron chi connectivity index (χ3n) is 1.77. The molecular weight excluding hydrogens is 211 g/mol. The fourth-order valence-electron chi connectivity index (χ4n) is 1.22. The van der Waals surface area contributed by atoms with Gasteiger partial charge in [0.1, 0.15) is 6.61 Å². The molecule has 0 fully saturated rings. The minimum absolute atomic E-state index is 0.0207. The minimum atomic E-state index is -4.53. The highest BCUT2D eigenvalue weighted by Gasteiger charge is 2.38. The molecular formula is C8H12F3N3O. The normalized spacial score (nSPS) is 12.5. The van der Waals surface area contributed by atoms with Crippen LogP contribution in [-0.2, 0) is 19.3 Å². The van der Waals surface area contributed by atoms with Gasteiger partial charge in [-0.05, 0) is 5.92 Å². The van der Waals surface area contributed by atoms with E-state index >= 15 is 0 Å². The van der Waals surface area contributed by atoms with Gasteiger partial charge in [-0.2, -0.15) is 13.2 Å². The first kappa shape index (κ1) is 12.0. The third kappa shape index (κ3) is 2.68. The summed E-state index contributed by atoms with van der Waals surface area (Å²) in [7, 11) is 0. The topological polar surface area (TPSA) is 50.9 Å². The van der Waals surface area contributed by atoms with Crippen molar-refractivity contribution in [3.05, 3.63) is 11.6 Å². The first-order valence-corrected chi connectivity index (χ1v) is 4.46. The monoisotopic (exact) mass is 223 g/mol. The Balaban J connectivity index is 3.11. The van der Waals surface area contributed by atoms with Crippen molar-refractivity contribution in [2.75, 3.05) is 0 Å². The Morgan fingerprint density at radius 3 is 2.33 bits per heavy atom. The average Bonchev–Trinajstić information content (AvgIpc) is 2.45. The Kier molecular flexibility index (Phi) is 3.33. The molecule has 1 aromatic heterocycles. The molecule has 0 aliphatic heterocycles. The second-order valence-electron chi connectivity index (χ2n) is 3.60. The van der Waals surface area contributed by atoms with Gasteiger partial charge in [-0.1, -0.05) is 13.8 Å². The van der Waals surface area contributed by atoms with Gasteiger partial charge in [0.25, 0.3) is 0 Å². The largest absolute Gasteiger partial charge is 0.451 e. The van der Waals surface area contributed by atoms with Crippen LogP contribution in [0.1, 0.15) is 25.5 Å². The zero-order chi connectivity index (χ0) is 11.6. The Labute approximate surface area is 84.7 Å². The molecule has 1 N–H and O–H groups in total. The predicted molar refractivity (Wildman–Crippen MR) is 45.8 cm³/mol. The van der Waals surface area contributed by atoms with Crippen molar-refractivity contribution in [3.63, 3.8) is 0 Å². The summed E-state index contributed by atoms with van der Waals surface area (Å²) in [5, 5.41) is 15.2. The highest BCUT2D eigenvalue weighted by Crippen LogP contribution is 2.28. The highest BCUT2D eigenvalue weighted by atomic mass is 19.4. The van der Waals surface area contributed by atoms with Crippen molar-refractivity contribution in [2.45, 2.75) is 33.2 Å². The van der Waals surface area contributed by atoms with Crippen LogP contribution in [0, 0.1) is 5.92 Å². The molecule has 0 radical (unpaired) electrons.